The van der Waals surface area contributed by atoms with Gasteiger partial charge in [-0.3, -0.25) is 4.79 Å². The molecule has 6 heteroatoms. The third-order valence-corrected chi connectivity index (χ3v) is 3.61. The molecule has 0 aliphatic carbocycles. The minimum Gasteiger partial charge on any atom is -0.469 e. The summed E-state index contributed by atoms with van der Waals surface area (Å²) in [5.41, 5.74) is 0. The topological polar surface area (TPSA) is 52.6 Å². The summed E-state index contributed by atoms with van der Waals surface area (Å²) in [4.78, 5) is 23.0. The van der Waals surface area contributed by atoms with Crippen LogP contribution in [0, 0.1) is 0 Å². The lowest BCUT2D eigenvalue weighted by Crippen LogP contribution is -2.19. The van der Waals surface area contributed by atoms with Crippen LogP contribution in [0.1, 0.15) is 23.0 Å². The second-order valence-electron chi connectivity index (χ2n) is 3.09. The van der Waals surface area contributed by atoms with E-state index in [1.165, 1.54) is 18.4 Å². The highest BCUT2D eigenvalue weighted by molar-refractivity contribution is 9.10. The molecule has 1 rings (SSSR count). The van der Waals surface area contributed by atoms with Crippen LogP contribution in [0.25, 0.3) is 0 Å². The number of esters is 2. The van der Waals surface area contributed by atoms with E-state index in [1.807, 2.05) is 0 Å². The average molecular weight is 307 g/mol. The third-order valence-electron chi connectivity index (χ3n) is 1.79. The van der Waals surface area contributed by atoms with Gasteiger partial charge in [0.25, 0.3) is 0 Å². The van der Waals surface area contributed by atoms with Crippen LogP contribution in [-0.4, -0.2) is 25.2 Å². The molecule has 0 bridgehead atoms. The summed E-state index contributed by atoms with van der Waals surface area (Å²) in [7, 11) is 1.30. The van der Waals surface area contributed by atoms with Crippen LogP contribution in [0.2, 0.25) is 0 Å². The Bertz CT molecular complexity index is 388. The molecule has 1 heterocycles. The quantitative estimate of drug-likeness (QED) is 0.802. The average Bonchev–Trinajstić information content (AvgIpc) is 2.63. The molecule has 0 fully saturated rings. The Morgan fingerprint density at radius 2 is 2.25 bits per heavy atom. The van der Waals surface area contributed by atoms with Crippen molar-refractivity contribution in [3.8, 4) is 0 Å². The number of carbonyl (C=O) groups excluding carboxylic acids is 2. The molecule has 0 amide bonds. The minimum absolute atomic E-state index is 0.0607. The number of carbonyl (C=O) groups is 2. The fourth-order valence-electron chi connectivity index (χ4n) is 1.04. The highest BCUT2D eigenvalue weighted by Crippen LogP contribution is 2.24. The van der Waals surface area contributed by atoms with E-state index in [1.54, 1.807) is 18.4 Å². The highest BCUT2D eigenvalue weighted by Gasteiger charge is 2.18. The van der Waals surface area contributed by atoms with Gasteiger partial charge in [-0.2, -0.15) is 0 Å². The normalized spacial score (nSPS) is 11.9. The van der Waals surface area contributed by atoms with Crippen molar-refractivity contribution < 1.29 is 19.1 Å². The van der Waals surface area contributed by atoms with Crippen molar-refractivity contribution in [2.45, 2.75) is 19.4 Å². The number of halogens is 1. The Kier molecular flexibility index (Phi) is 4.95. The van der Waals surface area contributed by atoms with E-state index in [4.69, 9.17) is 4.74 Å². The molecule has 0 spiro atoms. The largest absolute Gasteiger partial charge is 0.469 e. The lowest BCUT2D eigenvalue weighted by atomic mass is 10.3. The first-order chi connectivity index (χ1) is 7.54. The van der Waals surface area contributed by atoms with Gasteiger partial charge >= 0.3 is 11.9 Å². The summed E-state index contributed by atoms with van der Waals surface area (Å²) in [6.07, 6.45) is -0.431. The van der Waals surface area contributed by atoms with E-state index < -0.39 is 18.0 Å². The third kappa shape index (κ3) is 3.61. The van der Waals surface area contributed by atoms with Crippen molar-refractivity contribution in [1.29, 1.82) is 0 Å². The fourth-order valence-corrected chi connectivity index (χ4v) is 2.45. The van der Waals surface area contributed by atoms with Crippen LogP contribution >= 0.6 is 27.3 Å². The van der Waals surface area contributed by atoms with Crippen LogP contribution < -0.4 is 0 Å². The van der Waals surface area contributed by atoms with Crippen molar-refractivity contribution in [2.75, 3.05) is 7.11 Å². The van der Waals surface area contributed by atoms with Crippen LogP contribution in [-0.2, 0) is 14.3 Å². The lowest BCUT2D eigenvalue weighted by molar-refractivity contribution is -0.142. The second kappa shape index (κ2) is 6.00. The monoisotopic (exact) mass is 306 g/mol. The number of methoxy groups -OCH3 is 1. The number of hydrogen-bond acceptors (Lipinski definition) is 5. The zero-order valence-electron chi connectivity index (χ0n) is 8.86. The molecular formula is C10H11BrO4S. The minimum atomic E-state index is -0.492. The Morgan fingerprint density at radius 1 is 1.56 bits per heavy atom. The Morgan fingerprint density at radius 3 is 2.75 bits per heavy atom. The Labute approximate surface area is 106 Å². The van der Waals surface area contributed by atoms with E-state index in [9.17, 15) is 9.59 Å². The smallest absolute Gasteiger partial charge is 0.349 e. The first kappa shape index (κ1) is 13.2. The standard InChI is InChI=1S/C10H11BrO4S/c1-6(5-8(12)14-2)15-10(13)9-7(11)3-4-16-9/h3-4,6H,5H2,1-2H3/t6-/m1/s1. The molecule has 0 aliphatic heterocycles. The van der Waals surface area contributed by atoms with Crippen LogP contribution in [0.5, 0.6) is 0 Å². The summed E-state index contributed by atoms with van der Waals surface area (Å²) in [6, 6.07) is 1.77. The van der Waals surface area contributed by atoms with Crippen LogP contribution in [0.3, 0.4) is 0 Å². The predicted octanol–water partition coefficient (Wildman–Crippen LogP) is 2.62. The first-order valence-electron chi connectivity index (χ1n) is 4.55. The summed E-state index contributed by atoms with van der Waals surface area (Å²) < 4.78 is 10.3. The number of ether oxygens (including phenoxy) is 2. The number of hydrogen-bond donors (Lipinski definition) is 0. The van der Waals surface area contributed by atoms with E-state index in [2.05, 4.69) is 20.7 Å². The van der Waals surface area contributed by atoms with Gasteiger partial charge in [0.1, 0.15) is 11.0 Å². The molecule has 0 N–H and O–H groups in total. The van der Waals surface area contributed by atoms with Gasteiger partial charge in [-0.15, -0.1) is 11.3 Å². The van der Waals surface area contributed by atoms with E-state index >= 15 is 0 Å². The molecule has 0 saturated heterocycles. The molecule has 0 saturated carbocycles. The van der Waals surface area contributed by atoms with Gasteiger partial charge in [-0.1, -0.05) is 0 Å². The maximum absolute atomic E-state index is 11.6. The summed E-state index contributed by atoms with van der Waals surface area (Å²) in [6.45, 7) is 1.65. The van der Waals surface area contributed by atoms with E-state index in [0.29, 0.717) is 9.35 Å². The van der Waals surface area contributed by atoms with Crippen LogP contribution in [0.15, 0.2) is 15.9 Å². The lowest BCUT2D eigenvalue weighted by Gasteiger charge is -2.11. The molecule has 1 atom stereocenters. The van der Waals surface area contributed by atoms with Crippen molar-refractivity contribution in [3.05, 3.63) is 20.8 Å². The van der Waals surface area contributed by atoms with Gasteiger partial charge in [-0.05, 0) is 34.3 Å². The Balaban J connectivity index is 2.52. The highest BCUT2D eigenvalue weighted by atomic mass is 79.9. The zero-order valence-corrected chi connectivity index (χ0v) is 11.3. The van der Waals surface area contributed by atoms with Crippen molar-refractivity contribution in [3.63, 3.8) is 0 Å². The summed E-state index contributed by atoms with van der Waals surface area (Å²) in [5, 5.41) is 1.78. The maximum atomic E-state index is 11.6. The zero-order chi connectivity index (χ0) is 12.1. The molecular weight excluding hydrogens is 296 g/mol. The molecule has 0 unspecified atom stereocenters. The first-order valence-corrected chi connectivity index (χ1v) is 6.22. The van der Waals surface area contributed by atoms with Crippen LogP contribution in [0.4, 0.5) is 0 Å². The van der Waals surface area contributed by atoms with Gasteiger partial charge in [0, 0.05) is 4.47 Å². The van der Waals surface area contributed by atoms with Gasteiger partial charge in [0.15, 0.2) is 0 Å². The van der Waals surface area contributed by atoms with E-state index in [-0.39, 0.29) is 6.42 Å². The fraction of sp³-hybridized carbons (Fsp3) is 0.400. The molecule has 0 aliphatic rings. The molecule has 0 radical (unpaired) electrons. The molecule has 1 aromatic heterocycles. The molecule has 4 nitrogen and oxygen atoms in total. The molecule has 0 aromatic carbocycles. The van der Waals surface area contributed by atoms with Crippen molar-refractivity contribution in [2.24, 2.45) is 0 Å². The van der Waals surface area contributed by atoms with Gasteiger partial charge < -0.3 is 9.47 Å². The molecule has 16 heavy (non-hydrogen) atoms. The summed E-state index contributed by atoms with van der Waals surface area (Å²) >= 11 is 4.53. The predicted molar refractivity (Wildman–Crippen MR) is 63.5 cm³/mol. The van der Waals surface area contributed by atoms with E-state index in [0.717, 1.165) is 0 Å². The summed E-state index contributed by atoms with van der Waals surface area (Å²) in [5.74, 6) is -0.830. The van der Waals surface area contributed by atoms with Gasteiger partial charge in [0.2, 0.25) is 0 Å². The SMILES string of the molecule is COC(=O)C[C@@H](C)OC(=O)c1sccc1Br. The second-order valence-corrected chi connectivity index (χ2v) is 4.86. The van der Waals surface area contributed by atoms with Crippen molar-refractivity contribution in [1.82, 2.24) is 0 Å². The van der Waals surface area contributed by atoms with Gasteiger partial charge in [0.05, 0.1) is 13.5 Å². The molecule has 1 aromatic rings. The van der Waals surface area contributed by atoms with Crippen molar-refractivity contribution >= 4 is 39.2 Å². The maximum Gasteiger partial charge on any atom is 0.349 e. The number of rotatable bonds is 4. The Hall–Kier alpha value is -0.880. The van der Waals surface area contributed by atoms with Gasteiger partial charge in [-0.25, -0.2) is 4.79 Å². The molecule has 88 valence electrons. The number of thiophene rings is 1.